The summed E-state index contributed by atoms with van der Waals surface area (Å²) in [4.78, 5) is 13.5. The quantitative estimate of drug-likeness (QED) is 0.795. The Labute approximate surface area is 111 Å². The smallest absolute Gasteiger partial charge is 0.344 e. The number of halogens is 3. The SMILES string of the molecule is CC(C#N)CN(C)C(=O)C1CCCC(C(F)(F)F)C1. The summed E-state index contributed by atoms with van der Waals surface area (Å²) in [5, 5.41) is 8.69. The molecular weight excluding hydrogens is 257 g/mol. The number of carbonyl (C=O) groups excluding carboxylic acids is 1. The minimum atomic E-state index is -4.21. The molecule has 1 aliphatic carbocycles. The standard InChI is InChI=1S/C13H19F3N2O/c1-9(7-17)8-18(2)12(19)10-4-3-5-11(6-10)13(14,15)16/h9-11H,3-6,8H2,1-2H3. The maximum Gasteiger partial charge on any atom is 0.391 e. The summed E-state index contributed by atoms with van der Waals surface area (Å²) in [5.41, 5.74) is 0. The molecule has 1 fully saturated rings. The fraction of sp³-hybridized carbons (Fsp3) is 0.846. The first-order valence-electron chi connectivity index (χ1n) is 6.47. The van der Waals surface area contributed by atoms with Gasteiger partial charge in [-0.2, -0.15) is 18.4 Å². The zero-order valence-corrected chi connectivity index (χ0v) is 11.2. The van der Waals surface area contributed by atoms with Crippen LogP contribution in [0.5, 0.6) is 0 Å². The Morgan fingerprint density at radius 2 is 2.11 bits per heavy atom. The Bertz CT molecular complexity index is 362. The van der Waals surface area contributed by atoms with E-state index < -0.39 is 18.0 Å². The lowest BCUT2D eigenvalue weighted by atomic mass is 9.80. The summed E-state index contributed by atoms with van der Waals surface area (Å²) in [6.45, 7) is 1.95. The van der Waals surface area contributed by atoms with Gasteiger partial charge >= 0.3 is 6.18 Å². The molecule has 3 nitrogen and oxygen atoms in total. The second kappa shape index (κ2) is 6.27. The van der Waals surface area contributed by atoms with E-state index in [1.807, 2.05) is 6.07 Å². The molecule has 108 valence electrons. The maximum atomic E-state index is 12.7. The summed E-state index contributed by atoms with van der Waals surface area (Å²) in [6, 6.07) is 2.01. The molecule has 1 rings (SSSR count). The number of hydrogen-bond acceptors (Lipinski definition) is 2. The molecule has 0 aromatic carbocycles. The second-order valence-electron chi connectivity index (χ2n) is 5.35. The van der Waals surface area contributed by atoms with Gasteiger partial charge in [0.05, 0.1) is 17.9 Å². The average molecular weight is 276 g/mol. The van der Waals surface area contributed by atoms with Gasteiger partial charge in [-0.1, -0.05) is 6.42 Å². The number of nitriles is 1. The number of hydrogen-bond donors (Lipinski definition) is 0. The zero-order chi connectivity index (χ0) is 14.6. The van der Waals surface area contributed by atoms with Crippen LogP contribution < -0.4 is 0 Å². The number of amides is 1. The van der Waals surface area contributed by atoms with Crippen molar-refractivity contribution in [2.45, 2.75) is 38.8 Å². The van der Waals surface area contributed by atoms with E-state index in [0.29, 0.717) is 12.8 Å². The maximum absolute atomic E-state index is 12.7. The van der Waals surface area contributed by atoms with E-state index in [4.69, 9.17) is 5.26 Å². The minimum absolute atomic E-state index is 0.117. The van der Waals surface area contributed by atoms with Gasteiger partial charge in [0.2, 0.25) is 5.91 Å². The van der Waals surface area contributed by atoms with E-state index in [-0.39, 0.29) is 31.2 Å². The lowest BCUT2D eigenvalue weighted by Gasteiger charge is -2.32. The van der Waals surface area contributed by atoms with Gasteiger partial charge in [0, 0.05) is 19.5 Å². The van der Waals surface area contributed by atoms with Crippen LogP contribution in [0.25, 0.3) is 0 Å². The highest BCUT2D eigenvalue weighted by atomic mass is 19.4. The molecule has 0 saturated heterocycles. The van der Waals surface area contributed by atoms with E-state index in [1.54, 1.807) is 14.0 Å². The molecule has 1 aliphatic rings. The van der Waals surface area contributed by atoms with Crippen molar-refractivity contribution in [3.63, 3.8) is 0 Å². The molecule has 0 aliphatic heterocycles. The van der Waals surface area contributed by atoms with E-state index >= 15 is 0 Å². The molecular formula is C13H19F3N2O. The van der Waals surface area contributed by atoms with Crippen LogP contribution in [0.15, 0.2) is 0 Å². The summed E-state index contributed by atoms with van der Waals surface area (Å²) < 4.78 is 38.0. The normalized spacial score (nSPS) is 25.5. The van der Waals surface area contributed by atoms with Crippen LogP contribution in [0.3, 0.4) is 0 Å². The fourth-order valence-corrected chi connectivity index (χ4v) is 2.56. The van der Waals surface area contributed by atoms with Crippen molar-refractivity contribution in [3.8, 4) is 6.07 Å². The molecule has 3 atom stereocenters. The molecule has 0 aromatic heterocycles. The molecule has 3 unspecified atom stereocenters. The van der Waals surface area contributed by atoms with Gasteiger partial charge in [0.25, 0.3) is 0 Å². The Morgan fingerprint density at radius 1 is 1.47 bits per heavy atom. The largest absolute Gasteiger partial charge is 0.391 e. The van der Waals surface area contributed by atoms with Gasteiger partial charge in [-0.25, -0.2) is 0 Å². The third-order valence-electron chi connectivity index (χ3n) is 3.63. The first kappa shape index (κ1) is 15.8. The van der Waals surface area contributed by atoms with Crippen molar-refractivity contribution in [3.05, 3.63) is 0 Å². The molecule has 1 amide bonds. The van der Waals surface area contributed by atoms with Crippen molar-refractivity contribution >= 4 is 5.91 Å². The number of carbonyl (C=O) groups is 1. The van der Waals surface area contributed by atoms with Crippen LogP contribution in [-0.4, -0.2) is 30.6 Å². The monoisotopic (exact) mass is 276 g/mol. The van der Waals surface area contributed by atoms with Gasteiger partial charge in [0.15, 0.2) is 0 Å². The molecule has 1 saturated carbocycles. The molecule has 0 radical (unpaired) electrons. The lowest BCUT2D eigenvalue weighted by Crippen LogP contribution is -2.39. The van der Waals surface area contributed by atoms with Crippen molar-refractivity contribution in [2.24, 2.45) is 17.8 Å². The first-order chi connectivity index (χ1) is 8.75. The van der Waals surface area contributed by atoms with E-state index in [0.717, 1.165) is 0 Å². The van der Waals surface area contributed by atoms with Crippen molar-refractivity contribution in [2.75, 3.05) is 13.6 Å². The highest BCUT2D eigenvalue weighted by molar-refractivity contribution is 5.78. The highest BCUT2D eigenvalue weighted by Gasteiger charge is 2.43. The number of rotatable bonds is 3. The summed E-state index contributed by atoms with van der Waals surface area (Å²) in [6.07, 6.45) is -3.27. The van der Waals surface area contributed by atoms with Gasteiger partial charge in [-0.15, -0.1) is 0 Å². The Balaban J connectivity index is 2.60. The predicted molar refractivity (Wildman–Crippen MR) is 63.9 cm³/mol. The third-order valence-corrected chi connectivity index (χ3v) is 3.63. The summed E-state index contributed by atoms with van der Waals surface area (Å²) in [7, 11) is 1.55. The van der Waals surface area contributed by atoms with Crippen molar-refractivity contribution in [1.82, 2.24) is 4.90 Å². The Kier molecular flexibility index (Phi) is 5.21. The highest BCUT2D eigenvalue weighted by Crippen LogP contribution is 2.40. The Hall–Kier alpha value is -1.25. The molecule has 0 spiro atoms. The second-order valence-corrected chi connectivity index (χ2v) is 5.35. The molecule has 0 heterocycles. The molecule has 0 bridgehead atoms. The molecule has 0 aromatic rings. The van der Waals surface area contributed by atoms with Crippen LogP contribution in [0, 0.1) is 29.1 Å². The average Bonchev–Trinajstić information content (AvgIpc) is 2.36. The third kappa shape index (κ3) is 4.41. The van der Waals surface area contributed by atoms with Crippen LogP contribution >= 0.6 is 0 Å². The lowest BCUT2D eigenvalue weighted by molar-refractivity contribution is -0.187. The topological polar surface area (TPSA) is 44.1 Å². The van der Waals surface area contributed by atoms with E-state index in [2.05, 4.69) is 0 Å². The van der Waals surface area contributed by atoms with E-state index in [1.165, 1.54) is 4.90 Å². The minimum Gasteiger partial charge on any atom is -0.344 e. The first-order valence-corrected chi connectivity index (χ1v) is 6.47. The van der Waals surface area contributed by atoms with Crippen molar-refractivity contribution < 1.29 is 18.0 Å². The summed E-state index contributed by atoms with van der Waals surface area (Å²) in [5.74, 6) is -2.50. The van der Waals surface area contributed by atoms with Crippen LogP contribution in [0.2, 0.25) is 0 Å². The van der Waals surface area contributed by atoms with Crippen LogP contribution in [0.1, 0.15) is 32.6 Å². The number of alkyl halides is 3. The van der Waals surface area contributed by atoms with E-state index in [9.17, 15) is 18.0 Å². The molecule has 6 heteroatoms. The Morgan fingerprint density at radius 3 is 2.63 bits per heavy atom. The summed E-state index contributed by atoms with van der Waals surface area (Å²) >= 11 is 0. The predicted octanol–water partition coefficient (Wildman–Crippen LogP) is 2.97. The zero-order valence-electron chi connectivity index (χ0n) is 11.2. The van der Waals surface area contributed by atoms with Gasteiger partial charge in [-0.3, -0.25) is 4.79 Å². The van der Waals surface area contributed by atoms with Gasteiger partial charge < -0.3 is 4.90 Å². The van der Waals surface area contributed by atoms with Crippen LogP contribution in [0.4, 0.5) is 13.2 Å². The van der Waals surface area contributed by atoms with Crippen LogP contribution in [-0.2, 0) is 4.79 Å². The molecule has 0 N–H and O–H groups in total. The fourth-order valence-electron chi connectivity index (χ4n) is 2.56. The molecule has 19 heavy (non-hydrogen) atoms. The van der Waals surface area contributed by atoms with Gasteiger partial charge in [-0.05, 0) is 26.2 Å². The van der Waals surface area contributed by atoms with Gasteiger partial charge in [0.1, 0.15) is 0 Å². The number of nitrogens with zero attached hydrogens (tertiary/aromatic N) is 2. The van der Waals surface area contributed by atoms with Crippen molar-refractivity contribution in [1.29, 1.82) is 5.26 Å².